The van der Waals surface area contributed by atoms with Gasteiger partial charge < -0.3 is 15.0 Å². The molecular formula is C17H22Br2N2O3. The average Bonchev–Trinajstić information content (AvgIpc) is 3.22. The van der Waals surface area contributed by atoms with Gasteiger partial charge in [-0.25, -0.2) is 4.79 Å². The zero-order valence-corrected chi connectivity index (χ0v) is 17.2. The summed E-state index contributed by atoms with van der Waals surface area (Å²) in [5.74, 6) is -0.0467. The van der Waals surface area contributed by atoms with Gasteiger partial charge in [0.15, 0.2) is 0 Å². The van der Waals surface area contributed by atoms with Crippen LogP contribution in [0.5, 0.6) is 0 Å². The van der Waals surface area contributed by atoms with Gasteiger partial charge in [0.25, 0.3) is 0 Å². The van der Waals surface area contributed by atoms with E-state index >= 15 is 0 Å². The molecule has 1 saturated carbocycles. The molecular weight excluding hydrogens is 440 g/mol. The van der Waals surface area contributed by atoms with E-state index in [9.17, 15) is 9.59 Å². The van der Waals surface area contributed by atoms with Crippen LogP contribution in [0.4, 0.5) is 10.5 Å². The highest BCUT2D eigenvalue weighted by molar-refractivity contribution is 9.10. The number of anilines is 1. The Morgan fingerprint density at radius 3 is 2.29 bits per heavy atom. The van der Waals surface area contributed by atoms with Gasteiger partial charge in [0.2, 0.25) is 5.91 Å². The van der Waals surface area contributed by atoms with Crippen molar-refractivity contribution in [1.82, 2.24) is 5.32 Å². The Kier molecular flexibility index (Phi) is 5.96. The smallest absolute Gasteiger partial charge is 0.408 e. The third-order valence-corrected chi connectivity index (χ3v) is 4.64. The molecule has 1 aromatic carbocycles. The van der Waals surface area contributed by atoms with Crippen LogP contribution in [-0.2, 0) is 9.53 Å². The van der Waals surface area contributed by atoms with Crippen molar-refractivity contribution in [2.45, 2.75) is 44.8 Å². The molecule has 24 heavy (non-hydrogen) atoms. The Morgan fingerprint density at radius 1 is 1.25 bits per heavy atom. The molecule has 0 unspecified atom stereocenters. The first-order valence-electron chi connectivity index (χ1n) is 7.77. The molecule has 1 aliphatic carbocycles. The summed E-state index contributed by atoms with van der Waals surface area (Å²) in [4.78, 5) is 26.1. The second kappa shape index (κ2) is 7.44. The number of rotatable bonds is 5. The Morgan fingerprint density at radius 2 is 1.83 bits per heavy atom. The lowest BCUT2D eigenvalue weighted by Gasteiger charge is -2.29. The zero-order chi connectivity index (χ0) is 18.0. The van der Waals surface area contributed by atoms with Gasteiger partial charge in [0, 0.05) is 16.7 Å². The average molecular weight is 462 g/mol. The second-order valence-corrected chi connectivity index (χ2v) is 8.47. The molecule has 7 heteroatoms. The molecule has 0 atom stereocenters. The Hall–Kier alpha value is -1.08. The fourth-order valence-electron chi connectivity index (χ4n) is 2.31. The predicted octanol–water partition coefficient (Wildman–Crippen LogP) is 4.23. The standard InChI is InChI=1S/C17H22Br2N2O3/c1-16(2,3)24-15(23)20-17(8-9-17)11-21(14(22)10-18)13-6-4-12(19)5-7-13/h4-7H,8-11H2,1-3H3,(H,20,23). The molecule has 1 aliphatic rings. The van der Waals surface area contributed by atoms with Crippen LogP contribution in [0.3, 0.4) is 0 Å². The minimum Gasteiger partial charge on any atom is -0.444 e. The molecule has 0 heterocycles. The van der Waals surface area contributed by atoms with Crippen LogP contribution in [0.1, 0.15) is 33.6 Å². The highest BCUT2D eigenvalue weighted by Crippen LogP contribution is 2.38. The van der Waals surface area contributed by atoms with Gasteiger partial charge in [0.05, 0.1) is 10.9 Å². The lowest BCUT2D eigenvalue weighted by Crippen LogP contribution is -2.49. The Balaban J connectivity index is 2.10. The quantitative estimate of drug-likeness (QED) is 0.667. The van der Waals surface area contributed by atoms with E-state index in [4.69, 9.17) is 4.74 Å². The monoisotopic (exact) mass is 460 g/mol. The summed E-state index contributed by atoms with van der Waals surface area (Å²) in [6.45, 7) is 5.91. The number of hydrogen-bond acceptors (Lipinski definition) is 3. The van der Waals surface area contributed by atoms with E-state index in [2.05, 4.69) is 37.2 Å². The normalized spacial score (nSPS) is 15.5. The number of benzene rings is 1. The van der Waals surface area contributed by atoms with E-state index in [-0.39, 0.29) is 11.2 Å². The van der Waals surface area contributed by atoms with Gasteiger partial charge in [-0.2, -0.15) is 0 Å². The van der Waals surface area contributed by atoms with Crippen LogP contribution >= 0.6 is 31.9 Å². The molecule has 0 spiro atoms. The fraction of sp³-hybridized carbons (Fsp3) is 0.529. The van der Waals surface area contributed by atoms with Crippen molar-refractivity contribution in [2.24, 2.45) is 0 Å². The number of carbonyl (C=O) groups excluding carboxylic acids is 2. The van der Waals surface area contributed by atoms with E-state index in [1.54, 1.807) is 4.90 Å². The summed E-state index contributed by atoms with van der Waals surface area (Å²) < 4.78 is 6.28. The molecule has 2 rings (SSSR count). The van der Waals surface area contributed by atoms with Crippen molar-refractivity contribution < 1.29 is 14.3 Å². The minimum atomic E-state index is -0.544. The molecule has 0 bridgehead atoms. The lowest BCUT2D eigenvalue weighted by molar-refractivity contribution is -0.116. The fourth-order valence-corrected chi connectivity index (χ4v) is 2.88. The largest absolute Gasteiger partial charge is 0.444 e. The number of nitrogens with zero attached hydrogens (tertiary/aromatic N) is 1. The highest BCUT2D eigenvalue weighted by atomic mass is 79.9. The highest BCUT2D eigenvalue weighted by Gasteiger charge is 2.47. The molecule has 1 fully saturated rings. The molecule has 0 aliphatic heterocycles. The topological polar surface area (TPSA) is 58.6 Å². The van der Waals surface area contributed by atoms with Crippen LogP contribution in [-0.4, -0.2) is 35.0 Å². The van der Waals surface area contributed by atoms with E-state index in [1.807, 2.05) is 45.0 Å². The van der Waals surface area contributed by atoms with Crippen molar-refractivity contribution in [3.63, 3.8) is 0 Å². The Bertz CT molecular complexity index is 607. The van der Waals surface area contributed by atoms with Gasteiger partial charge in [0.1, 0.15) is 5.60 Å². The molecule has 0 saturated heterocycles. The zero-order valence-electron chi connectivity index (χ0n) is 14.1. The summed E-state index contributed by atoms with van der Waals surface area (Å²) in [5.41, 5.74) is -0.148. The third-order valence-electron chi connectivity index (χ3n) is 3.63. The summed E-state index contributed by atoms with van der Waals surface area (Å²) in [7, 11) is 0. The number of nitrogens with one attached hydrogen (secondary N) is 1. The summed E-state index contributed by atoms with van der Waals surface area (Å²) in [6, 6.07) is 7.55. The van der Waals surface area contributed by atoms with Crippen molar-refractivity contribution in [2.75, 3.05) is 16.8 Å². The van der Waals surface area contributed by atoms with Crippen molar-refractivity contribution in [3.8, 4) is 0 Å². The van der Waals surface area contributed by atoms with Gasteiger partial charge in [-0.15, -0.1) is 0 Å². The van der Waals surface area contributed by atoms with Gasteiger partial charge in [-0.3, -0.25) is 4.79 Å². The van der Waals surface area contributed by atoms with Gasteiger partial charge >= 0.3 is 6.09 Å². The van der Waals surface area contributed by atoms with Crippen molar-refractivity contribution >= 4 is 49.5 Å². The third kappa shape index (κ3) is 5.48. The number of halogens is 2. The summed E-state index contributed by atoms with van der Waals surface area (Å²) >= 11 is 6.63. The summed E-state index contributed by atoms with van der Waals surface area (Å²) in [5, 5.41) is 3.16. The van der Waals surface area contributed by atoms with Crippen LogP contribution in [0.25, 0.3) is 0 Å². The van der Waals surface area contributed by atoms with E-state index in [0.717, 1.165) is 23.0 Å². The van der Waals surface area contributed by atoms with Crippen LogP contribution in [0, 0.1) is 0 Å². The van der Waals surface area contributed by atoms with E-state index < -0.39 is 17.2 Å². The second-order valence-electron chi connectivity index (χ2n) is 7.00. The van der Waals surface area contributed by atoms with Crippen molar-refractivity contribution in [3.05, 3.63) is 28.7 Å². The number of carbonyl (C=O) groups is 2. The number of hydrogen-bond donors (Lipinski definition) is 1. The van der Waals surface area contributed by atoms with Crippen LogP contribution in [0.2, 0.25) is 0 Å². The number of alkyl halides is 1. The maximum absolute atomic E-state index is 12.3. The van der Waals surface area contributed by atoms with E-state index in [0.29, 0.717) is 6.54 Å². The number of alkyl carbamates (subject to hydrolysis) is 1. The summed E-state index contributed by atoms with van der Waals surface area (Å²) in [6.07, 6.45) is 1.21. The predicted molar refractivity (Wildman–Crippen MR) is 102 cm³/mol. The van der Waals surface area contributed by atoms with Crippen molar-refractivity contribution in [1.29, 1.82) is 0 Å². The van der Waals surface area contributed by atoms with Crippen LogP contribution < -0.4 is 10.2 Å². The van der Waals surface area contributed by atoms with Gasteiger partial charge in [-0.05, 0) is 57.9 Å². The minimum absolute atomic E-state index is 0.0467. The lowest BCUT2D eigenvalue weighted by atomic mass is 10.2. The first-order valence-corrected chi connectivity index (χ1v) is 9.69. The molecule has 1 aromatic rings. The van der Waals surface area contributed by atoms with E-state index in [1.165, 1.54) is 0 Å². The molecule has 2 amide bonds. The molecule has 0 radical (unpaired) electrons. The maximum atomic E-state index is 12.3. The first kappa shape index (κ1) is 19.2. The SMILES string of the molecule is CC(C)(C)OC(=O)NC1(CN(C(=O)CBr)c2ccc(Br)cc2)CC1. The molecule has 0 aromatic heterocycles. The Labute approximate surface area is 159 Å². The molecule has 5 nitrogen and oxygen atoms in total. The number of ether oxygens (including phenoxy) is 1. The van der Waals surface area contributed by atoms with Gasteiger partial charge in [-0.1, -0.05) is 31.9 Å². The maximum Gasteiger partial charge on any atom is 0.408 e. The molecule has 1 N–H and O–H groups in total. The first-order chi connectivity index (χ1) is 11.1. The van der Waals surface area contributed by atoms with Crippen LogP contribution in [0.15, 0.2) is 28.7 Å². The molecule has 132 valence electrons. The number of amides is 2.